The Morgan fingerprint density at radius 2 is 1.74 bits per heavy atom. The number of carbonyl (C=O) groups excluding carboxylic acids is 3. The van der Waals surface area contributed by atoms with Crippen LogP contribution in [-0.2, 0) is 11.2 Å². The summed E-state index contributed by atoms with van der Waals surface area (Å²) in [5.41, 5.74) is 9.16. The molecule has 2 heterocycles. The van der Waals surface area contributed by atoms with E-state index in [2.05, 4.69) is 5.32 Å². The van der Waals surface area contributed by atoms with Crippen LogP contribution >= 0.6 is 11.3 Å². The van der Waals surface area contributed by atoms with Crippen LogP contribution in [0.4, 0.5) is 11.4 Å². The molecule has 0 unspecified atom stereocenters. The quantitative estimate of drug-likeness (QED) is 0.332. The lowest BCUT2D eigenvalue weighted by atomic mass is 9.99. The number of aryl methyl sites for hydroxylation is 1. The van der Waals surface area contributed by atoms with Crippen molar-refractivity contribution in [3.05, 3.63) is 100 Å². The maximum Gasteiger partial charge on any atom is 0.258 e. The minimum atomic E-state index is -0.663. The Hall–Kier alpha value is -4.43. The highest BCUT2D eigenvalue weighted by Crippen LogP contribution is 2.34. The molecule has 0 spiro atoms. The fraction of sp³-hybridized carbons (Fsp3) is 0.167. The van der Waals surface area contributed by atoms with Crippen molar-refractivity contribution in [3.8, 4) is 16.9 Å². The molecule has 1 aliphatic rings. The van der Waals surface area contributed by atoms with E-state index < -0.39 is 5.91 Å². The lowest BCUT2D eigenvalue weighted by Gasteiger charge is -2.22. The molecular weight excluding hydrogens is 498 g/mol. The van der Waals surface area contributed by atoms with Gasteiger partial charge in [-0.25, -0.2) is 0 Å². The zero-order valence-electron chi connectivity index (χ0n) is 20.7. The monoisotopic (exact) mass is 525 g/mol. The van der Waals surface area contributed by atoms with Crippen LogP contribution < -0.4 is 20.7 Å². The van der Waals surface area contributed by atoms with Gasteiger partial charge in [0.25, 0.3) is 17.7 Å². The van der Waals surface area contributed by atoms with Crippen LogP contribution in [0.2, 0.25) is 0 Å². The zero-order chi connectivity index (χ0) is 26.5. The molecule has 3 aromatic carbocycles. The first-order valence-corrected chi connectivity index (χ1v) is 13.3. The third-order valence-electron chi connectivity index (χ3n) is 6.40. The largest absolute Gasteiger partial charge is 0.482 e. The van der Waals surface area contributed by atoms with E-state index >= 15 is 0 Å². The summed E-state index contributed by atoms with van der Waals surface area (Å²) in [6, 6.07) is 23.8. The highest BCUT2D eigenvalue weighted by Gasteiger charge is 2.24. The summed E-state index contributed by atoms with van der Waals surface area (Å²) >= 11 is 1.66. The van der Waals surface area contributed by atoms with Gasteiger partial charge in [0.2, 0.25) is 0 Å². The van der Waals surface area contributed by atoms with Crippen LogP contribution in [0.5, 0.6) is 5.75 Å². The van der Waals surface area contributed by atoms with Gasteiger partial charge < -0.3 is 20.7 Å². The fourth-order valence-electron chi connectivity index (χ4n) is 4.57. The van der Waals surface area contributed by atoms with Gasteiger partial charge in [0.1, 0.15) is 5.75 Å². The van der Waals surface area contributed by atoms with Crippen molar-refractivity contribution in [1.82, 2.24) is 0 Å². The number of amides is 3. The Bertz CT molecular complexity index is 1480. The Morgan fingerprint density at radius 1 is 0.947 bits per heavy atom. The first-order valence-electron chi connectivity index (χ1n) is 12.4. The van der Waals surface area contributed by atoms with Crippen molar-refractivity contribution >= 4 is 40.4 Å². The lowest BCUT2D eigenvalue weighted by molar-refractivity contribution is -0.119. The third kappa shape index (κ3) is 5.45. The minimum Gasteiger partial charge on any atom is -0.482 e. The van der Waals surface area contributed by atoms with Gasteiger partial charge in [0.05, 0.1) is 11.4 Å². The molecule has 0 saturated carbocycles. The molecule has 7 nitrogen and oxygen atoms in total. The number of nitrogens with two attached hydrogens (primary N) is 1. The summed E-state index contributed by atoms with van der Waals surface area (Å²) in [7, 11) is 0. The Labute approximate surface area is 224 Å². The molecule has 3 amide bonds. The number of nitrogens with one attached hydrogen (secondary N) is 1. The SMILES string of the molecule is NC(=O)COc1cc(C(=O)N2CCCCc3sccc32)ccc1NC(=O)c1ccccc1-c1ccccc1. The molecule has 0 atom stereocenters. The van der Waals surface area contributed by atoms with E-state index in [4.69, 9.17) is 10.5 Å². The summed E-state index contributed by atoms with van der Waals surface area (Å²) in [5, 5.41) is 4.89. The van der Waals surface area contributed by atoms with Gasteiger partial charge in [-0.3, -0.25) is 14.4 Å². The van der Waals surface area contributed by atoms with E-state index in [1.807, 2.05) is 53.9 Å². The molecule has 0 radical (unpaired) electrons. The van der Waals surface area contributed by atoms with Gasteiger partial charge in [-0.15, -0.1) is 11.3 Å². The molecule has 3 N–H and O–H groups in total. The second-order valence-corrected chi connectivity index (χ2v) is 9.98. The number of benzene rings is 3. The number of primary amides is 1. The molecule has 0 saturated heterocycles. The van der Waals surface area contributed by atoms with Crippen molar-refractivity contribution < 1.29 is 19.1 Å². The molecule has 1 aliphatic heterocycles. The summed E-state index contributed by atoms with van der Waals surface area (Å²) in [4.78, 5) is 41.4. The standard InChI is InChI=1S/C30H27N3O4S/c31-28(34)19-37-26-18-21(30(36)33-16-7-6-12-27-25(33)15-17-38-27)13-14-24(26)32-29(35)23-11-5-4-10-22(23)20-8-2-1-3-9-20/h1-5,8-11,13-15,17-18H,6-7,12,16,19H2,(H2,31,34)(H,32,35). The predicted molar refractivity (Wildman–Crippen MR) is 150 cm³/mol. The normalized spacial score (nSPS) is 12.8. The van der Waals surface area contributed by atoms with Crippen LogP contribution in [0.15, 0.2) is 84.2 Å². The van der Waals surface area contributed by atoms with Crippen molar-refractivity contribution in [2.45, 2.75) is 19.3 Å². The predicted octanol–water partition coefficient (Wildman–Crippen LogP) is 5.51. The highest BCUT2D eigenvalue weighted by molar-refractivity contribution is 7.10. The molecule has 0 aliphatic carbocycles. The Morgan fingerprint density at radius 3 is 2.55 bits per heavy atom. The zero-order valence-corrected chi connectivity index (χ0v) is 21.5. The third-order valence-corrected chi connectivity index (χ3v) is 7.37. The molecule has 1 aromatic heterocycles. The van der Waals surface area contributed by atoms with Crippen LogP contribution in [0.3, 0.4) is 0 Å². The van der Waals surface area contributed by atoms with Gasteiger partial charge in [0, 0.05) is 22.5 Å². The smallest absolute Gasteiger partial charge is 0.258 e. The van der Waals surface area contributed by atoms with Crippen molar-refractivity contribution in [1.29, 1.82) is 0 Å². The van der Waals surface area contributed by atoms with E-state index in [1.165, 1.54) is 4.88 Å². The van der Waals surface area contributed by atoms with Crippen LogP contribution in [-0.4, -0.2) is 30.9 Å². The average molecular weight is 526 g/mol. The number of ether oxygens (including phenoxy) is 1. The second-order valence-electron chi connectivity index (χ2n) is 8.97. The van der Waals surface area contributed by atoms with E-state index in [1.54, 1.807) is 46.6 Å². The first-order chi connectivity index (χ1) is 18.5. The Balaban J connectivity index is 1.45. The number of fused-ring (bicyclic) bond motifs is 1. The summed E-state index contributed by atoms with van der Waals surface area (Å²) in [5.74, 6) is -0.977. The second kappa shape index (κ2) is 11.3. The number of nitrogens with zero attached hydrogens (tertiary/aromatic N) is 1. The maximum atomic E-state index is 13.6. The molecular formula is C30H27N3O4S. The van der Waals surface area contributed by atoms with Gasteiger partial charge in [0.15, 0.2) is 6.61 Å². The molecule has 0 fully saturated rings. The van der Waals surface area contributed by atoms with Crippen molar-refractivity contribution in [2.75, 3.05) is 23.4 Å². The van der Waals surface area contributed by atoms with E-state index in [9.17, 15) is 14.4 Å². The van der Waals surface area contributed by atoms with E-state index in [0.29, 0.717) is 23.4 Å². The number of thiophene rings is 1. The number of carbonyl (C=O) groups is 3. The minimum absolute atomic E-state index is 0.164. The van der Waals surface area contributed by atoms with Gasteiger partial charge in [-0.2, -0.15) is 0 Å². The van der Waals surface area contributed by atoms with Crippen molar-refractivity contribution in [2.24, 2.45) is 5.73 Å². The first kappa shape index (κ1) is 25.2. The van der Waals surface area contributed by atoms with Crippen LogP contribution in [0.1, 0.15) is 38.4 Å². The highest BCUT2D eigenvalue weighted by atomic mass is 32.1. The molecule has 192 valence electrons. The summed E-state index contributed by atoms with van der Waals surface area (Å²) in [6.07, 6.45) is 2.89. The van der Waals surface area contributed by atoms with Crippen molar-refractivity contribution in [3.63, 3.8) is 0 Å². The molecule has 5 rings (SSSR count). The summed E-state index contributed by atoms with van der Waals surface area (Å²) in [6.45, 7) is 0.230. The van der Waals surface area contributed by atoms with Crippen LogP contribution in [0.25, 0.3) is 11.1 Å². The summed E-state index contributed by atoms with van der Waals surface area (Å²) < 4.78 is 5.65. The molecule has 8 heteroatoms. The molecule has 0 bridgehead atoms. The number of hydrogen-bond donors (Lipinski definition) is 2. The number of anilines is 2. The topological polar surface area (TPSA) is 102 Å². The number of rotatable bonds is 7. The van der Waals surface area contributed by atoms with Gasteiger partial charge in [-0.1, -0.05) is 48.5 Å². The van der Waals surface area contributed by atoms with E-state index in [-0.39, 0.29) is 24.2 Å². The molecule has 4 aromatic rings. The van der Waals surface area contributed by atoms with E-state index in [0.717, 1.165) is 36.1 Å². The lowest BCUT2D eigenvalue weighted by Crippen LogP contribution is -2.31. The van der Waals surface area contributed by atoms with Gasteiger partial charge in [-0.05, 0) is 66.1 Å². The van der Waals surface area contributed by atoms with Gasteiger partial charge >= 0.3 is 0 Å². The van der Waals surface area contributed by atoms with Crippen LogP contribution in [0, 0.1) is 0 Å². The average Bonchev–Trinajstić information content (AvgIpc) is 3.31. The maximum absolute atomic E-state index is 13.6. The Kier molecular flexibility index (Phi) is 7.51. The fourth-order valence-corrected chi connectivity index (χ4v) is 5.49. The number of hydrogen-bond acceptors (Lipinski definition) is 5. The molecule has 38 heavy (non-hydrogen) atoms.